The standard InChI is InChI=1S/C24H16Cl3N3O2S/c25-13-7-8-18(31)17(12-13)30-23(22(29-24(30)33)16-6-1-2-11-28-16)20-10-9-19(32-20)14-4-3-5-15(26)21(14)27/h1-12,22-23,31H,(H,29,33)/t22-,23-/m1/s1. The molecule has 166 valence electrons. The van der Waals surface area contributed by atoms with E-state index < -0.39 is 6.04 Å². The number of furan rings is 1. The number of halogens is 3. The Morgan fingerprint density at radius 1 is 1.00 bits per heavy atom. The van der Waals surface area contributed by atoms with E-state index in [1.165, 1.54) is 6.07 Å². The number of aromatic nitrogens is 1. The van der Waals surface area contributed by atoms with Crippen LogP contribution in [0.2, 0.25) is 15.1 Å². The molecule has 0 spiro atoms. The monoisotopic (exact) mass is 515 g/mol. The normalized spacial score (nSPS) is 17.9. The molecule has 4 aromatic rings. The third kappa shape index (κ3) is 4.04. The lowest BCUT2D eigenvalue weighted by Gasteiger charge is -2.26. The van der Waals surface area contributed by atoms with E-state index >= 15 is 0 Å². The van der Waals surface area contributed by atoms with Crippen LogP contribution in [0.3, 0.4) is 0 Å². The number of nitrogens with one attached hydrogen (secondary N) is 1. The number of nitrogens with zero attached hydrogens (tertiary/aromatic N) is 2. The number of hydrogen-bond donors (Lipinski definition) is 2. The summed E-state index contributed by atoms with van der Waals surface area (Å²) in [5.74, 6) is 1.20. The minimum atomic E-state index is -0.455. The van der Waals surface area contributed by atoms with Crippen molar-refractivity contribution in [1.82, 2.24) is 10.3 Å². The van der Waals surface area contributed by atoms with Gasteiger partial charge in [-0.2, -0.15) is 0 Å². The maximum absolute atomic E-state index is 10.6. The van der Waals surface area contributed by atoms with Crippen molar-refractivity contribution in [3.63, 3.8) is 0 Å². The highest BCUT2D eigenvalue weighted by atomic mass is 35.5. The summed E-state index contributed by atoms with van der Waals surface area (Å²) in [6, 6.07) is 18.7. The second-order valence-corrected chi connectivity index (χ2v) is 9.04. The Morgan fingerprint density at radius 2 is 1.85 bits per heavy atom. The molecule has 2 N–H and O–H groups in total. The summed E-state index contributed by atoms with van der Waals surface area (Å²) in [6.07, 6.45) is 1.72. The van der Waals surface area contributed by atoms with Crippen LogP contribution >= 0.6 is 47.0 Å². The first-order valence-electron chi connectivity index (χ1n) is 9.97. The third-order valence-electron chi connectivity index (χ3n) is 5.43. The number of rotatable bonds is 4. The van der Waals surface area contributed by atoms with Gasteiger partial charge in [-0.3, -0.25) is 4.98 Å². The van der Waals surface area contributed by atoms with Gasteiger partial charge in [0.25, 0.3) is 0 Å². The topological polar surface area (TPSA) is 61.5 Å². The highest BCUT2D eigenvalue weighted by molar-refractivity contribution is 7.80. The van der Waals surface area contributed by atoms with E-state index in [9.17, 15) is 5.11 Å². The molecule has 1 saturated heterocycles. The molecule has 0 bridgehead atoms. The van der Waals surface area contributed by atoms with Crippen LogP contribution in [0.15, 0.2) is 77.3 Å². The quantitative estimate of drug-likeness (QED) is 0.280. The third-order valence-corrected chi connectivity index (χ3v) is 6.80. The number of hydrogen-bond acceptors (Lipinski definition) is 4. The van der Waals surface area contributed by atoms with Crippen LogP contribution in [0.1, 0.15) is 23.5 Å². The Kier molecular flexibility index (Phi) is 5.93. The van der Waals surface area contributed by atoms with Crippen molar-refractivity contribution in [1.29, 1.82) is 0 Å². The SMILES string of the molecule is Oc1ccc(Cl)cc1N1C(=S)N[C@H](c2ccccn2)[C@H]1c1ccc(-c2cccc(Cl)c2Cl)o1. The summed E-state index contributed by atoms with van der Waals surface area (Å²) in [5, 5.41) is 15.7. The van der Waals surface area contributed by atoms with Crippen LogP contribution in [0.4, 0.5) is 5.69 Å². The van der Waals surface area contributed by atoms with Crippen molar-refractivity contribution >= 4 is 57.8 Å². The van der Waals surface area contributed by atoms with Gasteiger partial charge in [-0.15, -0.1) is 0 Å². The van der Waals surface area contributed by atoms with Gasteiger partial charge >= 0.3 is 0 Å². The molecule has 1 aliphatic rings. The molecule has 3 heterocycles. The number of aromatic hydroxyl groups is 1. The minimum absolute atomic E-state index is 0.0416. The lowest BCUT2D eigenvalue weighted by Crippen LogP contribution is -2.29. The first-order valence-corrected chi connectivity index (χ1v) is 11.5. The Labute approximate surface area is 210 Å². The van der Waals surface area contributed by atoms with E-state index in [0.717, 1.165) is 5.69 Å². The van der Waals surface area contributed by atoms with Crippen LogP contribution in [0, 0.1) is 0 Å². The lowest BCUT2D eigenvalue weighted by molar-refractivity contribution is 0.434. The first-order chi connectivity index (χ1) is 15.9. The zero-order valence-corrected chi connectivity index (χ0v) is 20.0. The maximum atomic E-state index is 10.6. The molecule has 0 unspecified atom stereocenters. The fourth-order valence-corrected chi connectivity index (χ4v) is 4.84. The van der Waals surface area contributed by atoms with E-state index in [1.54, 1.807) is 29.3 Å². The summed E-state index contributed by atoms with van der Waals surface area (Å²) in [7, 11) is 0. The molecule has 0 aliphatic carbocycles. The first kappa shape index (κ1) is 22.0. The molecule has 0 saturated carbocycles. The molecular formula is C24H16Cl3N3O2S. The molecule has 2 aromatic carbocycles. The van der Waals surface area contributed by atoms with Crippen molar-refractivity contribution in [2.45, 2.75) is 12.1 Å². The molecule has 5 nitrogen and oxygen atoms in total. The fraction of sp³-hybridized carbons (Fsp3) is 0.0833. The minimum Gasteiger partial charge on any atom is -0.506 e. The molecule has 5 rings (SSSR count). The Hall–Kier alpha value is -2.77. The Morgan fingerprint density at radius 3 is 2.64 bits per heavy atom. The smallest absolute Gasteiger partial charge is 0.174 e. The molecule has 2 aromatic heterocycles. The number of phenolic OH excluding ortho intramolecular Hbond substituents is 1. The highest BCUT2D eigenvalue weighted by Crippen LogP contribution is 2.46. The number of pyridine rings is 1. The number of benzene rings is 2. The number of anilines is 1. The molecule has 9 heteroatoms. The van der Waals surface area contributed by atoms with E-state index in [4.69, 9.17) is 51.4 Å². The van der Waals surface area contributed by atoms with Gasteiger partial charge in [-0.25, -0.2) is 0 Å². The van der Waals surface area contributed by atoms with Crippen LogP contribution in [0.5, 0.6) is 5.75 Å². The summed E-state index contributed by atoms with van der Waals surface area (Å²) >= 11 is 24.5. The fourth-order valence-electron chi connectivity index (χ4n) is 3.94. The van der Waals surface area contributed by atoms with Gasteiger partial charge in [0, 0.05) is 16.8 Å². The van der Waals surface area contributed by atoms with Gasteiger partial charge in [0.15, 0.2) is 5.11 Å². The predicted octanol–water partition coefficient (Wildman–Crippen LogP) is 7.18. The summed E-state index contributed by atoms with van der Waals surface area (Å²) in [6.45, 7) is 0. The molecule has 0 amide bonds. The van der Waals surface area contributed by atoms with E-state index in [2.05, 4.69) is 10.3 Å². The van der Waals surface area contributed by atoms with Crippen molar-refractivity contribution in [2.75, 3.05) is 4.90 Å². The van der Waals surface area contributed by atoms with Crippen LogP contribution in [-0.4, -0.2) is 15.2 Å². The van der Waals surface area contributed by atoms with Crippen LogP contribution < -0.4 is 10.2 Å². The van der Waals surface area contributed by atoms with E-state index in [0.29, 0.717) is 43.0 Å². The van der Waals surface area contributed by atoms with E-state index in [1.807, 2.05) is 42.5 Å². The molecular weight excluding hydrogens is 501 g/mol. The van der Waals surface area contributed by atoms with Crippen molar-refractivity contribution in [3.8, 4) is 17.1 Å². The summed E-state index contributed by atoms with van der Waals surface area (Å²) in [4.78, 5) is 6.30. The van der Waals surface area contributed by atoms with Gasteiger partial charge in [0.2, 0.25) is 0 Å². The molecule has 1 fully saturated rings. The van der Waals surface area contributed by atoms with Crippen molar-refractivity contribution < 1.29 is 9.52 Å². The van der Waals surface area contributed by atoms with Gasteiger partial charge < -0.3 is 19.7 Å². The second kappa shape index (κ2) is 8.88. The summed E-state index contributed by atoms with van der Waals surface area (Å²) < 4.78 is 6.28. The van der Waals surface area contributed by atoms with Gasteiger partial charge in [0.05, 0.1) is 27.5 Å². The van der Waals surface area contributed by atoms with E-state index in [-0.39, 0.29) is 11.8 Å². The Balaban J connectivity index is 1.64. The molecule has 0 radical (unpaired) electrons. The number of thiocarbonyl (C=S) groups is 1. The van der Waals surface area contributed by atoms with Crippen molar-refractivity contribution in [3.05, 3.63) is 99.4 Å². The molecule has 33 heavy (non-hydrogen) atoms. The predicted molar refractivity (Wildman–Crippen MR) is 135 cm³/mol. The molecule has 2 atom stereocenters. The largest absolute Gasteiger partial charge is 0.506 e. The van der Waals surface area contributed by atoms with Gasteiger partial charge in [-0.05, 0) is 66.8 Å². The zero-order valence-electron chi connectivity index (χ0n) is 16.9. The van der Waals surface area contributed by atoms with Crippen LogP contribution in [-0.2, 0) is 0 Å². The average molecular weight is 517 g/mol. The van der Waals surface area contributed by atoms with Gasteiger partial charge in [-0.1, -0.05) is 46.9 Å². The zero-order chi connectivity index (χ0) is 23.1. The maximum Gasteiger partial charge on any atom is 0.174 e. The van der Waals surface area contributed by atoms with Crippen molar-refractivity contribution in [2.24, 2.45) is 0 Å². The van der Waals surface area contributed by atoms with Gasteiger partial charge in [0.1, 0.15) is 23.3 Å². The average Bonchev–Trinajstić information content (AvgIpc) is 3.42. The summed E-state index contributed by atoms with van der Waals surface area (Å²) in [5.41, 5.74) is 1.91. The second-order valence-electron chi connectivity index (χ2n) is 7.43. The molecule has 1 aliphatic heterocycles. The number of phenols is 1. The lowest BCUT2D eigenvalue weighted by atomic mass is 10.0. The highest BCUT2D eigenvalue weighted by Gasteiger charge is 2.43. The Bertz CT molecular complexity index is 1350. The van der Waals surface area contributed by atoms with Crippen LogP contribution in [0.25, 0.3) is 11.3 Å².